The molecule has 0 aliphatic heterocycles. The zero-order chi connectivity index (χ0) is 21.0. The number of hydrogen-bond donors (Lipinski definition) is 2. The van der Waals surface area contributed by atoms with Crippen LogP contribution in [-0.4, -0.2) is 42.8 Å². The zero-order valence-corrected chi connectivity index (χ0v) is 17.6. The second kappa shape index (κ2) is 11.8. The molecule has 0 spiro atoms. The molecule has 3 rings (SSSR count). The average Bonchev–Trinajstić information content (AvgIpc) is 3.47. The molecule has 8 nitrogen and oxygen atoms in total. The van der Waals surface area contributed by atoms with Crippen LogP contribution in [0.3, 0.4) is 0 Å². The maximum Gasteiger partial charge on any atom is 0.257 e. The fourth-order valence-electron chi connectivity index (χ4n) is 2.82. The number of rotatable bonds is 11. The fraction of sp³-hybridized carbons (Fsp3) is 0.409. The topological polar surface area (TPSA) is 97.7 Å². The molecule has 0 saturated carbocycles. The third-order valence-corrected chi connectivity index (χ3v) is 4.50. The minimum Gasteiger partial charge on any atom is -0.467 e. The summed E-state index contributed by atoms with van der Waals surface area (Å²) in [7, 11) is 1.77. The van der Waals surface area contributed by atoms with Gasteiger partial charge in [0.2, 0.25) is 0 Å². The van der Waals surface area contributed by atoms with E-state index in [-0.39, 0.29) is 0 Å². The Labute approximate surface area is 176 Å². The molecular weight excluding hydrogens is 382 g/mol. The zero-order valence-electron chi connectivity index (χ0n) is 17.6. The Morgan fingerprint density at radius 3 is 2.67 bits per heavy atom. The van der Waals surface area contributed by atoms with Gasteiger partial charge in [0.25, 0.3) is 5.89 Å². The number of aromatic nitrogens is 2. The number of guanidine groups is 1. The molecule has 0 saturated heterocycles. The lowest BCUT2D eigenvalue weighted by Crippen LogP contribution is -2.39. The van der Waals surface area contributed by atoms with E-state index in [1.807, 2.05) is 31.2 Å². The largest absolute Gasteiger partial charge is 0.467 e. The second-order valence-electron chi connectivity index (χ2n) is 6.73. The van der Waals surface area contributed by atoms with Crippen molar-refractivity contribution < 1.29 is 13.7 Å². The monoisotopic (exact) mass is 411 g/mol. The van der Waals surface area contributed by atoms with Crippen LogP contribution in [-0.2, 0) is 24.2 Å². The van der Waals surface area contributed by atoms with Crippen molar-refractivity contribution in [1.82, 2.24) is 20.8 Å². The van der Waals surface area contributed by atoms with Gasteiger partial charge < -0.3 is 24.3 Å². The van der Waals surface area contributed by atoms with Gasteiger partial charge >= 0.3 is 0 Å². The number of aryl methyl sites for hydroxylation is 1. The van der Waals surface area contributed by atoms with E-state index < -0.39 is 0 Å². The molecule has 2 aromatic heterocycles. The van der Waals surface area contributed by atoms with E-state index in [0.717, 1.165) is 55.5 Å². The fourth-order valence-corrected chi connectivity index (χ4v) is 2.82. The van der Waals surface area contributed by atoms with Crippen molar-refractivity contribution in [1.29, 1.82) is 0 Å². The Balaban J connectivity index is 1.31. The third-order valence-electron chi connectivity index (χ3n) is 4.50. The first-order valence-corrected chi connectivity index (χ1v) is 10.2. The van der Waals surface area contributed by atoms with E-state index >= 15 is 0 Å². The van der Waals surface area contributed by atoms with Crippen LogP contribution >= 0.6 is 0 Å². The molecule has 0 unspecified atom stereocenters. The normalized spacial score (nSPS) is 11.6. The lowest BCUT2D eigenvalue weighted by molar-refractivity contribution is 0.105. The Kier molecular flexibility index (Phi) is 8.47. The van der Waals surface area contributed by atoms with Crippen LogP contribution in [0.5, 0.6) is 0 Å². The molecule has 160 valence electrons. The van der Waals surface area contributed by atoms with Gasteiger partial charge in [-0.2, -0.15) is 4.98 Å². The van der Waals surface area contributed by atoms with Gasteiger partial charge in [-0.05, 0) is 42.7 Å². The lowest BCUT2D eigenvalue weighted by Gasteiger charge is -2.12. The molecule has 1 aromatic carbocycles. The molecule has 30 heavy (non-hydrogen) atoms. The maximum atomic E-state index is 5.57. The highest BCUT2D eigenvalue weighted by Gasteiger charge is 2.07. The molecule has 8 heteroatoms. The molecule has 0 amide bonds. The molecule has 0 aliphatic rings. The molecule has 0 fully saturated rings. The summed E-state index contributed by atoms with van der Waals surface area (Å²) in [6, 6.07) is 12.0. The summed E-state index contributed by atoms with van der Waals surface area (Å²) in [5.74, 6) is 2.92. The highest BCUT2D eigenvalue weighted by molar-refractivity contribution is 5.79. The second-order valence-corrected chi connectivity index (χ2v) is 6.73. The molecule has 0 atom stereocenters. The number of ether oxygens (including phenoxy) is 1. The van der Waals surface area contributed by atoms with Crippen LogP contribution in [0.4, 0.5) is 0 Å². The summed E-state index contributed by atoms with van der Waals surface area (Å²) in [6.07, 6.45) is 4.19. The van der Waals surface area contributed by atoms with Crippen LogP contribution < -0.4 is 10.6 Å². The highest BCUT2D eigenvalue weighted by atomic mass is 16.5. The Hall–Kier alpha value is -3.13. The molecule has 0 aliphatic carbocycles. The summed E-state index contributed by atoms with van der Waals surface area (Å²) in [5.41, 5.74) is 2.16. The standard InChI is InChI=1S/C22H29N5O3/c1-3-20-26-21(30-27-20)18-9-7-17(8-10-18)11-13-25-22(23-2)24-12-5-14-28-16-19-6-4-15-29-19/h4,6-10,15H,3,5,11-14,16H2,1-2H3,(H2,23,24,25). The third kappa shape index (κ3) is 6.73. The lowest BCUT2D eigenvalue weighted by atomic mass is 10.1. The van der Waals surface area contributed by atoms with E-state index in [1.54, 1.807) is 13.3 Å². The number of nitrogens with one attached hydrogen (secondary N) is 2. The average molecular weight is 412 g/mol. The van der Waals surface area contributed by atoms with Crippen LogP contribution in [0, 0.1) is 0 Å². The van der Waals surface area contributed by atoms with Crippen LogP contribution in [0.1, 0.15) is 30.5 Å². The Morgan fingerprint density at radius 1 is 1.13 bits per heavy atom. The van der Waals surface area contributed by atoms with Crippen molar-refractivity contribution in [2.24, 2.45) is 4.99 Å². The van der Waals surface area contributed by atoms with E-state index in [0.29, 0.717) is 19.1 Å². The van der Waals surface area contributed by atoms with Gasteiger partial charge in [-0.1, -0.05) is 24.2 Å². The quantitative estimate of drug-likeness (QED) is 0.284. The van der Waals surface area contributed by atoms with Crippen LogP contribution in [0.25, 0.3) is 11.5 Å². The van der Waals surface area contributed by atoms with Gasteiger partial charge in [0.05, 0.1) is 6.26 Å². The van der Waals surface area contributed by atoms with Gasteiger partial charge in [0.15, 0.2) is 11.8 Å². The summed E-state index contributed by atoms with van der Waals surface area (Å²) < 4.78 is 16.1. The number of hydrogen-bond acceptors (Lipinski definition) is 6. The highest BCUT2D eigenvalue weighted by Crippen LogP contribution is 2.18. The molecule has 0 radical (unpaired) electrons. The predicted octanol–water partition coefficient (Wildman–Crippen LogP) is 3.21. The number of benzene rings is 1. The molecule has 2 N–H and O–H groups in total. The molecule has 2 heterocycles. The first-order chi connectivity index (χ1) is 14.8. The first kappa shape index (κ1) is 21.6. The van der Waals surface area contributed by atoms with Crippen molar-refractivity contribution in [2.75, 3.05) is 26.7 Å². The molecule has 0 bridgehead atoms. The predicted molar refractivity (Wildman–Crippen MR) is 115 cm³/mol. The van der Waals surface area contributed by atoms with Crippen molar-refractivity contribution >= 4 is 5.96 Å². The number of nitrogens with zero attached hydrogens (tertiary/aromatic N) is 3. The Morgan fingerprint density at radius 2 is 1.97 bits per heavy atom. The molecule has 3 aromatic rings. The summed E-state index contributed by atoms with van der Waals surface area (Å²) in [6.45, 7) is 4.75. The van der Waals surface area contributed by atoms with E-state index in [4.69, 9.17) is 13.7 Å². The van der Waals surface area contributed by atoms with Crippen LogP contribution in [0.2, 0.25) is 0 Å². The molecular formula is C22H29N5O3. The van der Waals surface area contributed by atoms with Crippen LogP contribution in [0.15, 0.2) is 56.6 Å². The smallest absolute Gasteiger partial charge is 0.257 e. The van der Waals surface area contributed by atoms with Crippen molar-refractivity contribution in [2.45, 2.75) is 32.8 Å². The van der Waals surface area contributed by atoms with Crippen molar-refractivity contribution in [3.05, 3.63) is 59.8 Å². The van der Waals surface area contributed by atoms with E-state index in [2.05, 4.69) is 37.9 Å². The van der Waals surface area contributed by atoms with Gasteiger partial charge in [-0.15, -0.1) is 0 Å². The van der Waals surface area contributed by atoms with Gasteiger partial charge in [0, 0.05) is 38.7 Å². The summed E-state index contributed by atoms with van der Waals surface area (Å²) >= 11 is 0. The summed E-state index contributed by atoms with van der Waals surface area (Å²) in [5, 5.41) is 10.6. The number of furan rings is 1. The van der Waals surface area contributed by atoms with Gasteiger partial charge in [-0.3, -0.25) is 4.99 Å². The Bertz CT molecular complexity index is 888. The number of aliphatic imine (C=N–C) groups is 1. The summed E-state index contributed by atoms with van der Waals surface area (Å²) in [4.78, 5) is 8.61. The SMILES string of the molecule is CCc1noc(-c2ccc(CCNC(=NC)NCCCOCc3ccco3)cc2)n1. The van der Waals surface area contributed by atoms with Gasteiger partial charge in [0.1, 0.15) is 12.4 Å². The van der Waals surface area contributed by atoms with Crippen molar-refractivity contribution in [3.8, 4) is 11.5 Å². The first-order valence-electron chi connectivity index (χ1n) is 10.2. The maximum absolute atomic E-state index is 5.57. The minimum atomic E-state index is 0.505. The van der Waals surface area contributed by atoms with Crippen molar-refractivity contribution in [3.63, 3.8) is 0 Å². The van der Waals surface area contributed by atoms with E-state index in [9.17, 15) is 0 Å². The minimum absolute atomic E-state index is 0.505. The van der Waals surface area contributed by atoms with Gasteiger partial charge in [-0.25, -0.2) is 0 Å². The van der Waals surface area contributed by atoms with E-state index in [1.165, 1.54) is 5.56 Å².